The van der Waals surface area contributed by atoms with Crippen molar-refractivity contribution in [2.45, 2.75) is 25.6 Å². The number of benzene rings is 3. The zero-order chi connectivity index (χ0) is 23.1. The largest absolute Gasteiger partial charge is 0.507 e. The van der Waals surface area contributed by atoms with E-state index in [1.807, 2.05) is 54.4 Å². The summed E-state index contributed by atoms with van der Waals surface area (Å²) in [5, 5.41) is 17.3. The van der Waals surface area contributed by atoms with Gasteiger partial charge in [0.15, 0.2) is 11.5 Å². The van der Waals surface area contributed by atoms with Gasteiger partial charge in [-0.25, -0.2) is 9.80 Å². The number of hydrogen-bond acceptors (Lipinski definition) is 7. The van der Waals surface area contributed by atoms with Crippen LogP contribution in [0.15, 0.2) is 65.8 Å². The molecule has 0 amide bonds. The molecule has 0 fully saturated rings. The molecule has 0 spiro atoms. The number of ether oxygens (including phenoxy) is 3. The van der Waals surface area contributed by atoms with E-state index in [0.29, 0.717) is 29.0 Å². The third-order valence-electron chi connectivity index (χ3n) is 6.08. The maximum Gasteiger partial charge on any atom is 0.337 e. The Labute approximate surface area is 191 Å². The SMILES string of the molecule is COC(=O)c1ccc([C@@H]2Oc3c(OC)cccc3[C@@H]3CC(c4cc(C)ccc4O)=NN32)cc1. The molecule has 2 aliphatic rings. The van der Waals surface area contributed by atoms with Crippen molar-refractivity contribution in [2.24, 2.45) is 5.10 Å². The number of carbonyl (C=O) groups is 1. The molecule has 3 aromatic rings. The summed E-state index contributed by atoms with van der Waals surface area (Å²) in [7, 11) is 2.97. The molecule has 0 radical (unpaired) electrons. The first-order valence-electron chi connectivity index (χ1n) is 10.7. The molecule has 33 heavy (non-hydrogen) atoms. The van der Waals surface area contributed by atoms with E-state index >= 15 is 0 Å². The van der Waals surface area contributed by atoms with Gasteiger partial charge in [0.25, 0.3) is 0 Å². The van der Waals surface area contributed by atoms with Crippen molar-refractivity contribution in [3.05, 3.63) is 88.5 Å². The van der Waals surface area contributed by atoms with Gasteiger partial charge < -0.3 is 19.3 Å². The minimum atomic E-state index is -0.532. The monoisotopic (exact) mass is 444 g/mol. The van der Waals surface area contributed by atoms with Gasteiger partial charge in [0.05, 0.1) is 31.5 Å². The Morgan fingerprint density at radius 2 is 1.91 bits per heavy atom. The highest BCUT2D eigenvalue weighted by atomic mass is 16.5. The average molecular weight is 444 g/mol. The molecule has 3 aromatic carbocycles. The van der Waals surface area contributed by atoms with Crippen LogP contribution < -0.4 is 9.47 Å². The number of aromatic hydroxyl groups is 1. The number of rotatable bonds is 4. The van der Waals surface area contributed by atoms with Crippen LogP contribution in [-0.2, 0) is 4.74 Å². The smallest absolute Gasteiger partial charge is 0.337 e. The number of hydrogen-bond donors (Lipinski definition) is 1. The predicted octanol–water partition coefficient (Wildman–Crippen LogP) is 4.74. The van der Waals surface area contributed by atoms with E-state index < -0.39 is 12.2 Å². The standard InChI is InChI=1S/C26H24N2O5/c1-15-7-12-22(29)19(13-15)20-14-21-18-5-4-6-23(31-2)24(18)33-25(28(21)27-20)16-8-10-17(11-9-16)26(30)32-3/h4-13,21,25,29H,14H2,1-3H3/t21-,25-/m0/s1. The van der Waals surface area contributed by atoms with E-state index in [1.54, 1.807) is 25.3 Å². The van der Waals surface area contributed by atoms with E-state index in [2.05, 4.69) is 0 Å². The van der Waals surface area contributed by atoms with Crippen LogP contribution in [0.25, 0.3) is 0 Å². The van der Waals surface area contributed by atoms with Crippen LogP contribution in [0.1, 0.15) is 51.3 Å². The number of phenols is 1. The molecule has 2 aliphatic heterocycles. The van der Waals surface area contributed by atoms with Gasteiger partial charge >= 0.3 is 5.97 Å². The second kappa shape index (κ2) is 8.16. The summed E-state index contributed by atoms with van der Waals surface area (Å²) in [5.41, 5.74) is 4.82. The zero-order valence-electron chi connectivity index (χ0n) is 18.6. The van der Waals surface area contributed by atoms with Gasteiger partial charge in [-0.3, -0.25) is 0 Å². The highest BCUT2D eigenvalue weighted by Crippen LogP contribution is 2.51. The van der Waals surface area contributed by atoms with E-state index in [4.69, 9.17) is 19.3 Å². The van der Waals surface area contributed by atoms with Crippen molar-refractivity contribution >= 4 is 11.7 Å². The fourth-order valence-electron chi connectivity index (χ4n) is 4.41. The maximum atomic E-state index is 11.9. The molecule has 0 unspecified atom stereocenters. The molecule has 0 aromatic heterocycles. The number of methoxy groups -OCH3 is 2. The minimum Gasteiger partial charge on any atom is -0.507 e. The molecule has 1 N–H and O–H groups in total. The highest BCUT2D eigenvalue weighted by molar-refractivity contribution is 6.04. The lowest BCUT2D eigenvalue weighted by atomic mass is 9.94. The fourth-order valence-corrected chi connectivity index (χ4v) is 4.41. The topological polar surface area (TPSA) is 80.6 Å². The van der Waals surface area contributed by atoms with E-state index in [1.165, 1.54) is 7.11 Å². The van der Waals surface area contributed by atoms with Crippen LogP contribution in [-0.4, -0.2) is 36.0 Å². The lowest BCUT2D eigenvalue weighted by molar-refractivity contribution is -0.0209. The number of esters is 1. The lowest BCUT2D eigenvalue weighted by Crippen LogP contribution is -2.33. The van der Waals surface area contributed by atoms with Gasteiger partial charge in [0.2, 0.25) is 6.23 Å². The first-order chi connectivity index (χ1) is 16.0. The molecule has 0 aliphatic carbocycles. The molecule has 2 heterocycles. The summed E-state index contributed by atoms with van der Waals surface area (Å²) in [4.78, 5) is 11.9. The number of carbonyl (C=O) groups excluding carboxylic acids is 1. The zero-order valence-corrected chi connectivity index (χ0v) is 18.6. The van der Waals surface area contributed by atoms with Crippen molar-refractivity contribution in [1.29, 1.82) is 0 Å². The summed E-state index contributed by atoms with van der Waals surface area (Å²) >= 11 is 0. The summed E-state index contributed by atoms with van der Waals surface area (Å²) in [6.45, 7) is 1.99. The Bertz CT molecular complexity index is 1250. The molecular formula is C26H24N2O5. The predicted molar refractivity (Wildman–Crippen MR) is 123 cm³/mol. The number of aryl methyl sites for hydroxylation is 1. The molecule has 7 heteroatoms. The first-order valence-corrected chi connectivity index (χ1v) is 10.7. The van der Waals surface area contributed by atoms with Crippen LogP contribution in [0.3, 0.4) is 0 Å². The minimum absolute atomic E-state index is 0.0935. The van der Waals surface area contributed by atoms with Crippen molar-refractivity contribution in [3.63, 3.8) is 0 Å². The number of fused-ring (bicyclic) bond motifs is 3. The van der Waals surface area contributed by atoms with Gasteiger partial charge in [-0.2, -0.15) is 5.10 Å². The number of phenolic OH excluding ortho intramolecular Hbond substituents is 1. The molecular weight excluding hydrogens is 420 g/mol. The van der Waals surface area contributed by atoms with Gasteiger partial charge in [-0.05, 0) is 37.3 Å². The second-order valence-corrected chi connectivity index (χ2v) is 8.13. The van der Waals surface area contributed by atoms with Crippen LogP contribution in [0, 0.1) is 6.92 Å². The van der Waals surface area contributed by atoms with Crippen LogP contribution in [0.2, 0.25) is 0 Å². The normalized spacial score (nSPS) is 18.6. The summed E-state index contributed by atoms with van der Waals surface area (Å²) < 4.78 is 16.8. The highest BCUT2D eigenvalue weighted by Gasteiger charge is 2.42. The Morgan fingerprint density at radius 3 is 2.64 bits per heavy atom. The van der Waals surface area contributed by atoms with Crippen molar-refractivity contribution in [1.82, 2.24) is 5.01 Å². The third kappa shape index (κ3) is 3.55. The average Bonchev–Trinajstić information content (AvgIpc) is 3.29. The van der Waals surface area contributed by atoms with Crippen LogP contribution >= 0.6 is 0 Å². The van der Waals surface area contributed by atoms with E-state index in [-0.39, 0.29) is 11.8 Å². The van der Waals surface area contributed by atoms with Gasteiger partial charge in [-0.1, -0.05) is 35.9 Å². The van der Waals surface area contributed by atoms with Crippen LogP contribution in [0.4, 0.5) is 0 Å². The van der Waals surface area contributed by atoms with Crippen molar-refractivity contribution < 1.29 is 24.1 Å². The van der Waals surface area contributed by atoms with E-state index in [9.17, 15) is 9.90 Å². The molecule has 168 valence electrons. The molecule has 7 nitrogen and oxygen atoms in total. The lowest BCUT2D eigenvalue weighted by Gasteiger charge is -2.38. The third-order valence-corrected chi connectivity index (χ3v) is 6.08. The summed E-state index contributed by atoms with van der Waals surface area (Å²) in [6, 6.07) is 18.3. The second-order valence-electron chi connectivity index (χ2n) is 8.13. The molecule has 0 bridgehead atoms. The van der Waals surface area contributed by atoms with Gasteiger partial charge in [0, 0.05) is 23.1 Å². The maximum absolute atomic E-state index is 11.9. The van der Waals surface area contributed by atoms with Crippen molar-refractivity contribution in [3.8, 4) is 17.2 Å². The summed E-state index contributed by atoms with van der Waals surface area (Å²) in [6.07, 6.45) is 0.0760. The Kier molecular flexibility index (Phi) is 5.17. The number of nitrogens with zero attached hydrogens (tertiary/aromatic N) is 2. The van der Waals surface area contributed by atoms with Gasteiger partial charge in [0.1, 0.15) is 5.75 Å². The van der Waals surface area contributed by atoms with Crippen LogP contribution in [0.5, 0.6) is 17.2 Å². The molecule has 0 saturated heterocycles. The van der Waals surface area contributed by atoms with Crippen molar-refractivity contribution in [2.75, 3.05) is 14.2 Å². The molecule has 0 saturated carbocycles. The molecule has 2 atom stereocenters. The first kappa shape index (κ1) is 20.9. The molecule has 5 rings (SSSR count). The Balaban J connectivity index is 1.60. The fraction of sp³-hybridized carbons (Fsp3) is 0.231. The quantitative estimate of drug-likeness (QED) is 0.586. The summed E-state index contributed by atoms with van der Waals surface area (Å²) in [5.74, 6) is 1.13. The van der Waals surface area contributed by atoms with E-state index in [0.717, 1.165) is 22.4 Å². The Morgan fingerprint density at radius 1 is 1.12 bits per heavy atom. The van der Waals surface area contributed by atoms with Gasteiger partial charge in [-0.15, -0.1) is 0 Å². The number of hydrazone groups is 1. The number of para-hydroxylation sites is 1. The Hall–Kier alpha value is -4.00.